The molecule has 6 nitrogen and oxygen atoms in total. The lowest BCUT2D eigenvalue weighted by molar-refractivity contribution is -0.0747. The van der Waals surface area contributed by atoms with Gasteiger partial charge in [-0.2, -0.15) is 0 Å². The van der Waals surface area contributed by atoms with Gasteiger partial charge in [0.15, 0.2) is 0 Å². The molecule has 0 aromatic carbocycles. The van der Waals surface area contributed by atoms with E-state index in [0.29, 0.717) is 11.5 Å². The molecule has 124 valence electrons. The SMILES string of the molecule is O=C(N[C@H]1[C@H]2CCO[C@H]2[C@@H]1N1CCCC1)c1c[nH]c(=O)c(Cl)c1. The monoisotopic (exact) mass is 337 g/mol. The van der Waals surface area contributed by atoms with Crippen LogP contribution in [0.4, 0.5) is 0 Å². The number of likely N-dealkylation sites (tertiary alicyclic amines) is 1. The highest BCUT2D eigenvalue weighted by molar-refractivity contribution is 6.30. The molecule has 3 fully saturated rings. The largest absolute Gasteiger partial charge is 0.376 e. The first-order valence-electron chi connectivity index (χ1n) is 8.20. The van der Waals surface area contributed by atoms with Crippen LogP contribution in [0.25, 0.3) is 0 Å². The molecule has 0 spiro atoms. The van der Waals surface area contributed by atoms with Crippen LogP contribution in [0.3, 0.4) is 0 Å². The summed E-state index contributed by atoms with van der Waals surface area (Å²) in [6.45, 7) is 2.93. The van der Waals surface area contributed by atoms with E-state index >= 15 is 0 Å². The van der Waals surface area contributed by atoms with Crippen molar-refractivity contribution >= 4 is 17.5 Å². The van der Waals surface area contributed by atoms with Crippen LogP contribution in [0.5, 0.6) is 0 Å². The highest BCUT2D eigenvalue weighted by atomic mass is 35.5. The van der Waals surface area contributed by atoms with Gasteiger partial charge in [-0.3, -0.25) is 14.5 Å². The van der Waals surface area contributed by atoms with Crippen LogP contribution in [0.1, 0.15) is 29.6 Å². The van der Waals surface area contributed by atoms with Crippen molar-refractivity contribution in [2.24, 2.45) is 5.92 Å². The lowest BCUT2D eigenvalue weighted by Gasteiger charge is -2.51. The third kappa shape index (κ3) is 2.58. The molecule has 0 unspecified atom stereocenters. The first kappa shape index (κ1) is 15.2. The van der Waals surface area contributed by atoms with Crippen molar-refractivity contribution in [3.63, 3.8) is 0 Å². The molecule has 0 bridgehead atoms. The van der Waals surface area contributed by atoms with Crippen molar-refractivity contribution in [2.75, 3.05) is 19.7 Å². The molecule has 3 aliphatic rings. The molecule has 2 saturated heterocycles. The van der Waals surface area contributed by atoms with Gasteiger partial charge in [0.25, 0.3) is 11.5 Å². The molecule has 0 radical (unpaired) electrons. The predicted molar refractivity (Wildman–Crippen MR) is 85.8 cm³/mol. The van der Waals surface area contributed by atoms with Crippen molar-refractivity contribution in [2.45, 2.75) is 37.5 Å². The van der Waals surface area contributed by atoms with Gasteiger partial charge in [-0.05, 0) is 38.4 Å². The fraction of sp³-hybridized carbons (Fsp3) is 0.625. The van der Waals surface area contributed by atoms with Crippen LogP contribution < -0.4 is 10.9 Å². The van der Waals surface area contributed by atoms with Crippen molar-refractivity contribution in [1.29, 1.82) is 0 Å². The van der Waals surface area contributed by atoms with E-state index in [1.165, 1.54) is 25.1 Å². The number of amides is 1. The molecule has 1 aromatic rings. The first-order valence-corrected chi connectivity index (χ1v) is 8.58. The number of pyridine rings is 1. The third-order valence-corrected chi connectivity index (χ3v) is 5.61. The molecule has 2 N–H and O–H groups in total. The van der Waals surface area contributed by atoms with Gasteiger partial charge in [-0.25, -0.2) is 0 Å². The van der Waals surface area contributed by atoms with Crippen molar-refractivity contribution in [1.82, 2.24) is 15.2 Å². The molecule has 3 heterocycles. The third-order valence-electron chi connectivity index (χ3n) is 5.33. The summed E-state index contributed by atoms with van der Waals surface area (Å²) in [6.07, 6.45) is 5.08. The predicted octanol–water partition coefficient (Wildman–Crippen LogP) is 1.01. The van der Waals surface area contributed by atoms with Gasteiger partial charge < -0.3 is 15.0 Å². The quantitative estimate of drug-likeness (QED) is 0.863. The Kier molecular flexibility index (Phi) is 3.91. The normalized spacial score (nSPS) is 33.3. The number of nitrogens with zero attached hydrogens (tertiary/aromatic N) is 1. The molecular weight excluding hydrogens is 318 g/mol. The second kappa shape index (κ2) is 5.92. The summed E-state index contributed by atoms with van der Waals surface area (Å²) in [5.74, 6) is 0.200. The van der Waals surface area contributed by atoms with Gasteiger partial charge in [0, 0.05) is 18.7 Å². The maximum absolute atomic E-state index is 12.5. The number of fused-ring (bicyclic) bond motifs is 1. The van der Waals surface area contributed by atoms with E-state index in [4.69, 9.17) is 16.3 Å². The van der Waals surface area contributed by atoms with Crippen LogP contribution >= 0.6 is 11.6 Å². The number of nitrogens with one attached hydrogen (secondary N) is 2. The van der Waals surface area contributed by atoms with E-state index in [9.17, 15) is 9.59 Å². The summed E-state index contributed by atoms with van der Waals surface area (Å²) in [6, 6.07) is 1.80. The Labute approximate surface area is 139 Å². The van der Waals surface area contributed by atoms with E-state index in [0.717, 1.165) is 26.1 Å². The number of ether oxygens (including phenoxy) is 1. The standard InChI is InChI=1S/C16H20ClN3O3/c17-11-7-9(8-18-16(11)22)15(21)19-12-10-3-6-23-14(10)13(12)20-4-1-2-5-20/h7-8,10,12-14H,1-6H2,(H,18,22)(H,19,21)/t10-,12+,13-,14-/m1/s1. The van der Waals surface area contributed by atoms with E-state index in [2.05, 4.69) is 15.2 Å². The summed E-state index contributed by atoms with van der Waals surface area (Å²) < 4.78 is 5.87. The van der Waals surface area contributed by atoms with Crippen molar-refractivity contribution < 1.29 is 9.53 Å². The summed E-state index contributed by atoms with van der Waals surface area (Å²) in [7, 11) is 0. The highest BCUT2D eigenvalue weighted by Gasteiger charge is 2.56. The van der Waals surface area contributed by atoms with Crippen LogP contribution in [0, 0.1) is 5.92 Å². The minimum atomic E-state index is -0.383. The molecule has 1 amide bonds. The van der Waals surface area contributed by atoms with E-state index in [1.54, 1.807) is 0 Å². The lowest BCUT2D eigenvalue weighted by atomic mass is 9.70. The second-order valence-electron chi connectivity index (χ2n) is 6.59. The Hall–Kier alpha value is -1.37. The minimum Gasteiger partial charge on any atom is -0.376 e. The number of aromatic amines is 1. The van der Waals surface area contributed by atoms with Gasteiger partial charge in [0.05, 0.1) is 23.8 Å². The zero-order valence-electron chi connectivity index (χ0n) is 12.8. The summed E-state index contributed by atoms with van der Waals surface area (Å²) >= 11 is 5.81. The second-order valence-corrected chi connectivity index (χ2v) is 6.99. The molecule has 7 heteroatoms. The number of halogens is 1. The van der Waals surface area contributed by atoms with Gasteiger partial charge in [-0.15, -0.1) is 0 Å². The molecule has 1 aromatic heterocycles. The number of hydrogen-bond donors (Lipinski definition) is 2. The number of H-pyrrole nitrogens is 1. The lowest BCUT2D eigenvalue weighted by Crippen LogP contribution is -2.70. The van der Waals surface area contributed by atoms with E-state index in [1.807, 2.05) is 0 Å². The molecule has 1 saturated carbocycles. The summed E-state index contributed by atoms with van der Waals surface area (Å²) in [5.41, 5.74) is 0.00296. The number of rotatable bonds is 3. The number of carbonyl (C=O) groups excluding carboxylic acids is 1. The maximum Gasteiger partial charge on any atom is 0.266 e. The highest BCUT2D eigenvalue weighted by Crippen LogP contribution is 2.42. The molecule has 4 rings (SSSR count). The Morgan fingerprint density at radius 3 is 2.91 bits per heavy atom. The molecule has 1 aliphatic carbocycles. The zero-order chi connectivity index (χ0) is 16.0. The minimum absolute atomic E-state index is 0.0319. The fourth-order valence-corrected chi connectivity index (χ4v) is 4.34. The van der Waals surface area contributed by atoms with Crippen LogP contribution in [0.15, 0.2) is 17.1 Å². The van der Waals surface area contributed by atoms with Gasteiger partial charge in [-0.1, -0.05) is 11.6 Å². The molecule has 23 heavy (non-hydrogen) atoms. The van der Waals surface area contributed by atoms with E-state index in [-0.39, 0.29) is 34.7 Å². The van der Waals surface area contributed by atoms with Crippen LogP contribution in [0.2, 0.25) is 5.02 Å². The average Bonchev–Trinajstić information content (AvgIpc) is 3.18. The van der Waals surface area contributed by atoms with Crippen molar-refractivity contribution in [3.05, 3.63) is 33.2 Å². The summed E-state index contributed by atoms with van der Waals surface area (Å²) in [4.78, 5) is 28.8. The smallest absolute Gasteiger partial charge is 0.266 e. The number of aromatic nitrogens is 1. The topological polar surface area (TPSA) is 74.4 Å². The first-order chi connectivity index (χ1) is 11.1. The number of carbonyl (C=O) groups is 1. The Bertz CT molecular complexity index is 666. The van der Waals surface area contributed by atoms with Crippen LogP contribution in [-0.4, -0.2) is 53.7 Å². The molecule has 4 atom stereocenters. The van der Waals surface area contributed by atoms with Crippen LogP contribution in [-0.2, 0) is 4.74 Å². The number of hydrogen-bond acceptors (Lipinski definition) is 4. The Morgan fingerprint density at radius 1 is 1.39 bits per heavy atom. The zero-order valence-corrected chi connectivity index (χ0v) is 13.5. The molecular formula is C16H20ClN3O3. The Morgan fingerprint density at radius 2 is 2.17 bits per heavy atom. The van der Waals surface area contributed by atoms with E-state index < -0.39 is 0 Å². The van der Waals surface area contributed by atoms with Gasteiger partial charge in [0.1, 0.15) is 5.02 Å². The summed E-state index contributed by atoms with van der Waals surface area (Å²) in [5, 5.41) is 3.17. The maximum atomic E-state index is 12.5. The fourth-order valence-electron chi connectivity index (χ4n) is 4.16. The Balaban J connectivity index is 1.50. The molecule has 2 aliphatic heterocycles. The average molecular weight is 338 g/mol. The van der Waals surface area contributed by atoms with Crippen molar-refractivity contribution in [3.8, 4) is 0 Å². The van der Waals surface area contributed by atoms with Gasteiger partial charge in [0.2, 0.25) is 0 Å². The van der Waals surface area contributed by atoms with Gasteiger partial charge >= 0.3 is 0 Å².